The molecule has 1 saturated heterocycles. The largest absolute Gasteiger partial charge is 0.377 e. The molecule has 0 bridgehead atoms. The molecular weight excluding hydrogens is 338 g/mol. The number of hydrogen-bond acceptors (Lipinski definition) is 5. The first kappa shape index (κ1) is 17.6. The third-order valence-corrected chi connectivity index (χ3v) is 4.85. The van der Waals surface area contributed by atoms with Gasteiger partial charge in [-0.1, -0.05) is 0 Å². The van der Waals surface area contributed by atoms with Crippen LogP contribution in [0.2, 0.25) is 0 Å². The fourth-order valence-electron chi connectivity index (χ4n) is 2.83. The van der Waals surface area contributed by atoms with Crippen LogP contribution < -0.4 is 5.32 Å². The van der Waals surface area contributed by atoms with E-state index in [1.165, 1.54) is 11.3 Å². The van der Waals surface area contributed by atoms with Gasteiger partial charge >= 0.3 is 0 Å². The van der Waals surface area contributed by atoms with Crippen LogP contribution in [0.3, 0.4) is 0 Å². The number of pyridine rings is 1. The fourth-order valence-corrected chi connectivity index (χ4v) is 3.45. The van der Waals surface area contributed by atoms with Crippen LogP contribution in [0.1, 0.15) is 22.3 Å². The molecular formula is C18H21N3O3S. The minimum atomic E-state index is -0.220. The van der Waals surface area contributed by atoms with E-state index in [0.717, 1.165) is 12.0 Å². The first-order valence-electron chi connectivity index (χ1n) is 8.30. The average molecular weight is 359 g/mol. The topological polar surface area (TPSA) is 71.5 Å². The Morgan fingerprint density at radius 3 is 2.92 bits per heavy atom. The standard InChI is InChI=1S/C18H21N3O3S/c22-17(20-7-3-14-1-5-19-6-2-14)11-16-12-24-9-8-21(16)18(23)15-4-10-25-13-15/h1-2,4-6,10,13,16H,3,7-9,11-12H2,(H,20,22)/t16-/m1/s1. The molecule has 3 rings (SSSR count). The molecule has 1 atom stereocenters. The third kappa shape index (κ3) is 4.87. The van der Waals surface area contributed by atoms with E-state index in [4.69, 9.17) is 4.74 Å². The van der Waals surface area contributed by atoms with Gasteiger partial charge in [-0.05, 0) is 35.6 Å². The van der Waals surface area contributed by atoms with Crippen LogP contribution in [0.25, 0.3) is 0 Å². The van der Waals surface area contributed by atoms with Crippen LogP contribution in [0.5, 0.6) is 0 Å². The monoisotopic (exact) mass is 359 g/mol. The molecule has 0 saturated carbocycles. The van der Waals surface area contributed by atoms with E-state index in [1.54, 1.807) is 17.3 Å². The number of carbonyl (C=O) groups is 2. The second kappa shape index (κ2) is 8.73. The summed E-state index contributed by atoms with van der Waals surface area (Å²) in [6.07, 6.45) is 4.49. The van der Waals surface area contributed by atoms with Crippen molar-refractivity contribution in [3.63, 3.8) is 0 Å². The SMILES string of the molecule is O=C(C[C@@H]1COCCN1C(=O)c1ccsc1)NCCc1ccncc1. The van der Waals surface area contributed by atoms with Gasteiger partial charge in [0, 0.05) is 37.3 Å². The molecule has 2 amide bonds. The maximum Gasteiger partial charge on any atom is 0.255 e. The van der Waals surface area contributed by atoms with E-state index in [-0.39, 0.29) is 24.3 Å². The average Bonchev–Trinajstić information content (AvgIpc) is 3.17. The molecule has 25 heavy (non-hydrogen) atoms. The van der Waals surface area contributed by atoms with E-state index in [2.05, 4.69) is 10.3 Å². The molecule has 3 heterocycles. The number of rotatable bonds is 6. The minimum Gasteiger partial charge on any atom is -0.377 e. The number of thiophene rings is 1. The van der Waals surface area contributed by atoms with Gasteiger partial charge in [0.1, 0.15) is 0 Å². The van der Waals surface area contributed by atoms with E-state index in [1.807, 2.05) is 29.0 Å². The number of ether oxygens (including phenoxy) is 1. The number of aromatic nitrogens is 1. The Labute approximate surface area is 150 Å². The molecule has 1 fully saturated rings. The van der Waals surface area contributed by atoms with Crippen LogP contribution in [0, 0.1) is 0 Å². The van der Waals surface area contributed by atoms with Gasteiger partial charge in [-0.15, -0.1) is 0 Å². The van der Waals surface area contributed by atoms with Crippen molar-refractivity contribution < 1.29 is 14.3 Å². The lowest BCUT2D eigenvalue weighted by Gasteiger charge is -2.35. The Morgan fingerprint density at radius 2 is 2.16 bits per heavy atom. The Hall–Kier alpha value is -2.25. The summed E-state index contributed by atoms with van der Waals surface area (Å²) in [4.78, 5) is 30.6. The van der Waals surface area contributed by atoms with Gasteiger partial charge in [0.2, 0.25) is 5.91 Å². The number of hydrogen-bond donors (Lipinski definition) is 1. The van der Waals surface area contributed by atoms with Crippen LogP contribution in [0.4, 0.5) is 0 Å². The van der Waals surface area contributed by atoms with Crippen molar-refractivity contribution in [2.75, 3.05) is 26.3 Å². The summed E-state index contributed by atoms with van der Waals surface area (Å²) in [5.74, 6) is -0.0909. The molecule has 0 spiro atoms. The second-order valence-electron chi connectivity index (χ2n) is 5.90. The van der Waals surface area contributed by atoms with Gasteiger partial charge in [0.25, 0.3) is 5.91 Å². The van der Waals surface area contributed by atoms with Crippen LogP contribution in [-0.4, -0.2) is 54.0 Å². The van der Waals surface area contributed by atoms with Crippen LogP contribution in [-0.2, 0) is 16.0 Å². The Morgan fingerprint density at radius 1 is 1.32 bits per heavy atom. The van der Waals surface area contributed by atoms with Crippen molar-refractivity contribution in [1.82, 2.24) is 15.2 Å². The molecule has 0 aromatic carbocycles. The number of morpholine rings is 1. The van der Waals surface area contributed by atoms with Crippen molar-refractivity contribution in [1.29, 1.82) is 0 Å². The van der Waals surface area contributed by atoms with E-state index in [0.29, 0.717) is 31.9 Å². The maximum atomic E-state index is 12.6. The molecule has 0 unspecified atom stereocenters. The van der Waals surface area contributed by atoms with Crippen molar-refractivity contribution in [3.05, 3.63) is 52.5 Å². The molecule has 1 aliphatic heterocycles. The van der Waals surface area contributed by atoms with E-state index < -0.39 is 0 Å². The normalized spacial score (nSPS) is 17.3. The van der Waals surface area contributed by atoms with E-state index in [9.17, 15) is 9.59 Å². The lowest BCUT2D eigenvalue weighted by atomic mass is 10.1. The molecule has 1 aliphatic rings. The summed E-state index contributed by atoms with van der Waals surface area (Å²) < 4.78 is 5.48. The van der Waals surface area contributed by atoms with Crippen molar-refractivity contribution in [2.24, 2.45) is 0 Å². The fraction of sp³-hybridized carbons (Fsp3) is 0.389. The lowest BCUT2D eigenvalue weighted by molar-refractivity contribution is -0.123. The zero-order valence-corrected chi connectivity index (χ0v) is 14.7. The van der Waals surface area contributed by atoms with E-state index >= 15 is 0 Å². The van der Waals surface area contributed by atoms with Crippen molar-refractivity contribution in [2.45, 2.75) is 18.9 Å². The first-order chi connectivity index (χ1) is 12.2. The maximum absolute atomic E-state index is 12.6. The van der Waals surface area contributed by atoms with Gasteiger partial charge in [-0.3, -0.25) is 14.6 Å². The van der Waals surface area contributed by atoms with Gasteiger partial charge in [0.05, 0.1) is 24.8 Å². The smallest absolute Gasteiger partial charge is 0.255 e. The lowest BCUT2D eigenvalue weighted by Crippen LogP contribution is -2.50. The van der Waals surface area contributed by atoms with Crippen molar-refractivity contribution >= 4 is 23.2 Å². The van der Waals surface area contributed by atoms with Crippen LogP contribution >= 0.6 is 11.3 Å². The highest BCUT2D eigenvalue weighted by molar-refractivity contribution is 7.08. The highest BCUT2D eigenvalue weighted by atomic mass is 32.1. The quantitative estimate of drug-likeness (QED) is 0.853. The summed E-state index contributed by atoms with van der Waals surface area (Å²) in [5, 5.41) is 6.64. The summed E-state index contributed by atoms with van der Waals surface area (Å²) in [7, 11) is 0. The number of carbonyl (C=O) groups excluding carboxylic acids is 2. The summed E-state index contributed by atoms with van der Waals surface area (Å²) in [6, 6.07) is 5.46. The highest BCUT2D eigenvalue weighted by Crippen LogP contribution is 2.17. The van der Waals surface area contributed by atoms with Gasteiger partial charge < -0.3 is 15.0 Å². The Kier molecular flexibility index (Phi) is 6.14. The summed E-state index contributed by atoms with van der Waals surface area (Å²) >= 11 is 1.49. The summed E-state index contributed by atoms with van der Waals surface area (Å²) in [6.45, 7) is 1.99. The molecule has 132 valence electrons. The second-order valence-corrected chi connectivity index (χ2v) is 6.68. The predicted molar refractivity (Wildman–Crippen MR) is 95.5 cm³/mol. The zero-order chi connectivity index (χ0) is 17.5. The molecule has 7 heteroatoms. The van der Waals surface area contributed by atoms with Crippen molar-refractivity contribution in [3.8, 4) is 0 Å². The first-order valence-corrected chi connectivity index (χ1v) is 9.25. The molecule has 2 aromatic heterocycles. The molecule has 6 nitrogen and oxygen atoms in total. The highest BCUT2D eigenvalue weighted by Gasteiger charge is 2.29. The number of nitrogens with zero attached hydrogens (tertiary/aromatic N) is 2. The molecule has 0 radical (unpaired) electrons. The third-order valence-electron chi connectivity index (χ3n) is 4.16. The van der Waals surface area contributed by atoms with Gasteiger partial charge in [0.15, 0.2) is 0 Å². The van der Waals surface area contributed by atoms with Gasteiger partial charge in [-0.2, -0.15) is 11.3 Å². The number of amides is 2. The molecule has 0 aliphatic carbocycles. The Balaban J connectivity index is 1.50. The zero-order valence-electron chi connectivity index (χ0n) is 13.9. The minimum absolute atomic E-state index is 0.0286. The van der Waals surface area contributed by atoms with Gasteiger partial charge in [-0.25, -0.2) is 0 Å². The molecule has 2 aromatic rings. The molecule has 1 N–H and O–H groups in total. The summed E-state index contributed by atoms with van der Waals surface area (Å²) in [5.41, 5.74) is 1.81. The number of nitrogens with one attached hydrogen (secondary N) is 1. The van der Waals surface area contributed by atoms with Crippen LogP contribution in [0.15, 0.2) is 41.4 Å². The predicted octanol–water partition coefficient (Wildman–Crippen LogP) is 1.73. The Bertz CT molecular complexity index is 691.